The Morgan fingerprint density at radius 3 is 2.58 bits per heavy atom. The zero-order chi connectivity index (χ0) is 21.8. The van der Waals surface area contributed by atoms with E-state index in [0.29, 0.717) is 16.5 Å². The Bertz CT molecular complexity index is 1520. The van der Waals surface area contributed by atoms with E-state index in [9.17, 15) is 18.0 Å². The largest absolute Gasteiger partial charge is 0.435 e. The molecule has 31 heavy (non-hydrogen) atoms. The molecule has 7 nitrogen and oxygen atoms in total. The first kappa shape index (κ1) is 18.9. The third-order valence-corrected chi connectivity index (χ3v) is 4.77. The molecule has 0 saturated heterocycles. The standard InChI is InChI=1S/C21H12F3N5O2/c1-11-4-2-9-26-18(11)29-14(10-15(28-29)21(22,23)24)19-27-13-7-6-12-5-3-8-25-17(12)16(13)20(30)31-19/h2-10H,1H3. The van der Waals surface area contributed by atoms with Gasteiger partial charge < -0.3 is 4.42 Å². The van der Waals surface area contributed by atoms with Gasteiger partial charge in [-0.15, -0.1) is 0 Å². The first-order valence-electron chi connectivity index (χ1n) is 9.11. The second-order valence-corrected chi connectivity index (χ2v) is 6.81. The van der Waals surface area contributed by atoms with E-state index in [1.165, 1.54) is 12.4 Å². The van der Waals surface area contributed by atoms with Crippen molar-refractivity contribution in [3.8, 4) is 17.4 Å². The number of benzene rings is 1. The summed E-state index contributed by atoms with van der Waals surface area (Å²) in [7, 11) is 0. The van der Waals surface area contributed by atoms with Crippen molar-refractivity contribution in [1.29, 1.82) is 0 Å². The molecule has 0 aliphatic carbocycles. The van der Waals surface area contributed by atoms with Crippen molar-refractivity contribution < 1.29 is 17.6 Å². The van der Waals surface area contributed by atoms with Gasteiger partial charge >= 0.3 is 11.8 Å². The summed E-state index contributed by atoms with van der Waals surface area (Å²) in [6, 6.07) is 10.9. The average molecular weight is 423 g/mol. The second-order valence-electron chi connectivity index (χ2n) is 6.81. The number of pyridine rings is 2. The molecule has 4 heterocycles. The van der Waals surface area contributed by atoms with Crippen LogP contribution in [0.3, 0.4) is 0 Å². The highest BCUT2D eigenvalue weighted by Crippen LogP contribution is 2.33. The maximum atomic E-state index is 13.4. The fourth-order valence-corrected chi connectivity index (χ4v) is 3.34. The van der Waals surface area contributed by atoms with Crippen LogP contribution in [0.4, 0.5) is 13.2 Å². The lowest BCUT2D eigenvalue weighted by Gasteiger charge is -2.08. The Labute approximate surface area is 171 Å². The molecule has 1 aromatic carbocycles. The normalized spacial score (nSPS) is 12.0. The summed E-state index contributed by atoms with van der Waals surface area (Å²) < 4.78 is 46.5. The van der Waals surface area contributed by atoms with Gasteiger partial charge in [-0.3, -0.25) is 4.98 Å². The monoisotopic (exact) mass is 423 g/mol. The van der Waals surface area contributed by atoms with Gasteiger partial charge in [0.1, 0.15) is 11.1 Å². The zero-order valence-electron chi connectivity index (χ0n) is 15.9. The van der Waals surface area contributed by atoms with Gasteiger partial charge in [0.2, 0.25) is 5.89 Å². The van der Waals surface area contributed by atoms with Crippen LogP contribution < -0.4 is 5.63 Å². The van der Waals surface area contributed by atoms with E-state index < -0.39 is 17.5 Å². The van der Waals surface area contributed by atoms with Crippen molar-refractivity contribution in [1.82, 2.24) is 24.7 Å². The van der Waals surface area contributed by atoms with Gasteiger partial charge in [0.25, 0.3) is 0 Å². The fraction of sp³-hybridized carbons (Fsp3) is 0.0952. The molecule has 0 aliphatic heterocycles. The van der Waals surface area contributed by atoms with Crippen molar-refractivity contribution in [2.24, 2.45) is 0 Å². The third-order valence-electron chi connectivity index (χ3n) is 4.77. The molecule has 0 saturated carbocycles. The highest BCUT2D eigenvalue weighted by atomic mass is 19.4. The molecule has 0 fully saturated rings. The number of nitrogens with zero attached hydrogens (tertiary/aromatic N) is 5. The van der Waals surface area contributed by atoms with Gasteiger partial charge in [0, 0.05) is 23.8 Å². The summed E-state index contributed by atoms with van der Waals surface area (Å²) in [5.41, 5.74) is -0.830. The topological polar surface area (TPSA) is 86.7 Å². The molecule has 0 spiro atoms. The minimum Gasteiger partial charge on any atom is -0.401 e. The van der Waals surface area contributed by atoms with Gasteiger partial charge in [0.05, 0.1) is 11.0 Å². The second kappa shape index (κ2) is 6.73. The Kier molecular flexibility index (Phi) is 4.10. The summed E-state index contributed by atoms with van der Waals surface area (Å²) >= 11 is 0. The lowest BCUT2D eigenvalue weighted by molar-refractivity contribution is -0.141. The smallest absolute Gasteiger partial charge is 0.401 e. The summed E-state index contributed by atoms with van der Waals surface area (Å²) in [6.07, 6.45) is -1.74. The molecule has 5 rings (SSSR count). The molecule has 0 bridgehead atoms. The first-order valence-corrected chi connectivity index (χ1v) is 9.11. The van der Waals surface area contributed by atoms with Crippen LogP contribution >= 0.6 is 0 Å². The average Bonchev–Trinajstić information content (AvgIpc) is 3.19. The number of hydrogen-bond donors (Lipinski definition) is 0. The van der Waals surface area contributed by atoms with Gasteiger partial charge in [-0.1, -0.05) is 18.2 Å². The Hall–Kier alpha value is -4.08. The van der Waals surface area contributed by atoms with Gasteiger partial charge in [-0.05, 0) is 30.7 Å². The van der Waals surface area contributed by atoms with Crippen LogP contribution in [0.25, 0.3) is 39.2 Å². The Morgan fingerprint density at radius 1 is 1.03 bits per heavy atom. The lowest BCUT2D eigenvalue weighted by Crippen LogP contribution is -2.10. The summed E-state index contributed by atoms with van der Waals surface area (Å²) in [5.74, 6) is -0.140. The quantitative estimate of drug-likeness (QED) is 0.393. The SMILES string of the molecule is Cc1cccnc1-n1nc(C(F)(F)F)cc1-c1nc2ccc3cccnc3c2c(=O)o1. The van der Waals surface area contributed by atoms with Crippen molar-refractivity contribution in [3.63, 3.8) is 0 Å². The first-order chi connectivity index (χ1) is 14.8. The van der Waals surface area contributed by atoms with Crippen molar-refractivity contribution in [2.75, 3.05) is 0 Å². The summed E-state index contributed by atoms with van der Waals surface area (Å²) in [4.78, 5) is 25.4. The van der Waals surface area contributed by atoms with E-state index in [1.807, 2.05) is 0 Å². The number of aryl methyl sites for hydroxylation is 1. The van der Waals surface area contributed by atoms with Gasteiger partial charge in [0.15, 0.2) is 11.5 Å². The molecule has 0 unspecified atom stereocenters. The molecular weight excluding hydrogens is 411 g/mol. The fourth-order valence-electron chi connectivity index (χ4n) is 3.34. The van der Waals surface area contributed by atoms with E-state index in [4.69, 9.17) is 4.42 Å². The number of alkyl halides is 3. The van der Waals surface area contributed by atoms with Crippen molar-refractivity contribution in [2.45, 2.75) is 13.1 Å². The minimum atomic E-state index is -4.71. The number of hydrogen-bond acceptors (Lipinski definition) is 6. The van der Waals surface area contributed by atoms with Crippen LogP contribution in [0.5, 0.6) is 0 Å². The van der Waals surface area contributed by atoms with E-state index in [-0.39, 0.29) is 28.3 Å². The van der Waals surface area contributed by atoms with Crippen LogP contribution in [0.2, 0.25) is 0 Å². The van der Waals surface area contributed by atoms with Gasteiger partial charge in [-0.2, -0.15) is 18.3 Å². The highest BCUT2D eigenvalue weighted by molar-refractivity contribution is 6.03. The van der Waals surface area contributed by atoms with Crippen LogP contribution in [-0.4, -0.2) is 24.7 Å². The zero-order valence-corrected chi connectivity index (χ0v) is 15.9. The van der Waals surface area contributed by atoms with Crippen LogP contribution in [0, 0.1) is 6.92 Å². The molecule has 10 heteroatoms. The maximum Gasteiger partial charge on any atom is 0.435 e. The molecule has 0 aliphatic rings. The third kappa shape index (κ3) is 3.12. The molecule has 154 valence electrons. The minimum absolute atomic E-state index is 0.144. The molecule has 4 aromatic heterocycles. The summed E-state index contributed by atoms with van der Waals surface area (Å²) in [5, 5.41) is 4.53. The van der Waals surface area contributed by atoms with Crippen LogP contribution in [-0.2, 0) is 6.18 Å². The van der Waals surface area contributed by atoms with E-state index in [1.54, 1.807) is 43.3 Å². The summed E-state index contributed by atoms with van der Waals surface area (Å²) in [6.45, 7) is 1.68. The van der Waals surface area contributed by atoms with Gasteiger partial charge in [-0.25, -0.2) is 19.4 Å². The maximum absolute atomic E-state index is 13.4. The van der Waals surface area contributed by atoms with Crippen molar-refractivity contribution in [3.05, 3.63) is 76.5 Å². The number of aromatic nitrogens is 5. The van der Waals surface area contributed by atoms with Crippen molar-refractivity contribution >= 4 is 21.8 Å². The highest BCUT2D eigenvalue weighted by Gasteiger charge is 2.36. The Morgan fingerprint density at radius 2 is 1.81 bits per heavy atom. The van der Waals surface area contributed by atoms with Crippen LogP contribution in [0.1, 0.15) is 11.3 Å². The van der Waals surface area contributed by atoms with E-state index >= 15 is 0 Å². The molecular formula is C21H12F3N5O2. The Balaban J connectivity index is 1.80. The van der Waals surface area contributed by atoms with E-state index in [2.05, 4.69) is 20.1 Å². The number of fused-ring (bicyclic) bond motifs is 3. The molecule has 0 radical (unpaired) electrons. The predicted octanol–water partition coefficient (Wildman–Crippen LogP) is 4.31. The molecule has 0 amide bonds. The lowest BCUT2D eigenvalue weighted by atomic mass is 10.1. The number of rotatable bonds is 2. The number of halogens is 3. The molecule has 5 aromatic rings. The molecule has 0 N–H and O–H groups in total. The predicted molar refractivity (Wildman–Crippen MR) is 106 cm³/mol. The van der Waals surface area contributed by atoms with Crippen LogP contribution in [0.15, 0.2) is 64.1 Å². The molecule has 0 atom stereocenters. The van der Waals surface area contributed by atoms with E-state index in [0.717, 1.165) is 10.7 Å².